The second kappa shape index (κ2) is 9.93. The van der Waals surface area contributed by atoms with Crippen LogP contribution >= 0.6 is 34.5 Å². The van der Waals surface area contributed by atoms with Gasteiger partial charge in [0.1, 0.15) is 10.6 Å². The number of nitrogens with one attached hydrogen (secondary N) is 2. The molecule has 3 aromatic heterocycles. The molecule has 1 amide bonds. The number of hydrogen-bond donors (Lipinski definition) is 3. The van der Waals surface area contributed by atoms with E-state index in [1.165, 1.54) is 23.6 Å². The van der Waals surface area contributed by atoms with Gasteiger partial charge in [-0.3, -0.25) is 4.79 Å². The van der Waals surface area contributed by atoms with Gasteiger partial charge in [0.25, 0.3) is 5.91 Å². The van der Waals surface area contributed by atoms with Crippen molar-refractivity contribution in [1.29, 1.82) is 0 Å². The van der Waals surface area contributed by atoms with Gasteiger partial charge in [0, 0.05) is 54.8 Å². The number of aryl methyl sites for hydroxylation is 1. The lowest BCUT2D eigenvalue weighted by atomic mass is 10.0. The lowest BCUT2D eigenvalue weighted by molar-refractivity contribution is 0.0700. The zero-order chi connectivity index (χ0) is 27.4. The maximum absolute atomic E-state index is 13.2. The van der Waals surface area contributed by atoms with Gasteiger partial charge in [-0.05, 0) is 30.2 Å². The molecule has 12 heteroatoms. The first-order chi connectivity index (χ1) is 18.7. The minimum atomic E-state index is -1.01. The lowest BCUT2D eigenvalue weighted by Crippen LogP contribution is -2.34. The molecule has 1 aliphatic heterocycles. The largest absolute Gasteiger partial charge is 0.477 e. The number of aromatic nitrogens is 3. The Labute approximate surface area is 236 Å². The Morgan fingerprint density at radius 3 is 2.59 bits per heavy atom. The number of hydrogen-bond acceptors (Lipinski definition) is 6. The summed E-state index contributed by atoms with van der Waals surface area (Å²) in [7, 11) is 0. The number of benzene rings is 1. The fourth-order valence-corrected chi connectivity index (χ4v) is 6.57. The van der Waals surface area contributed by atoms with Crippen LogP contribution in [0.25, 0.3) is 11.1 Å². The van der Waals surface area contributed by atoms with Crippen LogP contribution in [0.1, 0.15) is 37.1 Å². The number of anilines is 1. The van der Waals surface area contributed by atoms with Crippen molar-refractivity contribution in [1.82, 2.24) is 20.3 Å². The predicted octanol–water partition coefficient (Wildman–Crippen LogP) is 5.44. The van der Waals surface area contributed by atoms with E-state index in [0.717, 1.165) is 16.7 Å². The maximum atomic E-state index is 13.2. The zero-order valence-corrected chi connectivity index (χ0v) is 22.9. The number of carbonyl (C=O) groups is 2. The average molecular weight is 586 g/mol. The normalized spacial score (nSPS) is 19.7. The summed E-state index contributed by atoms with van der Waals surface area (Å²) in [6.45, 7) is 3.10. The number of pyridine rings is 1. The van der Waals surface area contributed by atoms with Gasteiger partial charge in [-0.1, -0.05) is 58.8 Å². The Morgan fingerprint density at radius 2 is 1.95 bits per heavy atom. The molecule has 1 aromatic carbocycles. The van der Waals surface area contributed by atoms with Crippen molar-refractivity contribution in [2.75, 3.05) is 18.0 Å². The van der Waals surface area contributed by atoms with E-state index in [9.17, 15) is 19.1 Å². The van der Waals surface area contributed by atoms with Crippen LogP contribution in [0.3, 0.4) is 0 Å². The molecule has 1 saturated carbocycles. The van der Waals surface area contributed by atoms with Crippen LogP contribution in [0.15, 0.2) is 42.6 Å². The molecular formula is C27H22Cl2FN5O3S. The number of carbonyl (C=O) groups excluding carboxylic acids is 1. The van der Waals surface area contributed by atoms with E-state index < -0.39 is 11.9 Å². The van der Waals surface area contributed by atoms with Crippen molar-refractivity contribution in [2.24, 2.45) is 11.8 Å². The van der Waals surface area contributed by atoms with Crippen molar-refractivity contribution in [3.05, 3.63) is 86.1 Å². The number of amides is 1. The first kappa shape index (κ1) is 25.8. The Balaban J connectivity index is 1.14. The summed E-state index contributed by atoms with van der Waals surface area (Å²) in [5, 5.41) is 14.1. The molecule has 0 radical (unpaired) electrons. The van der Waals surface area contributed by atoms with E-state index in [1.807, 2.05) is 24.3 Å². The summed E-state index contributed by atoms with van der Waals surface area (Å²) < 4.78 is 13.2. The lowest BCUT2D eigenvalue weighted by Gasteiger charge is -2.19. The predicted molar refractivity (Wildman–Crippen MR) is 148 cm³/mol. The van der Waals surface area contributed by atoms with Crippen LogP contribution in [-0.4, -0.2) is 51.1 Å². The number of halogens is 3. The molecule has 4 heterocycles. The second-order valence-corrected chi connectivity index (χ2v) is 11.5. The number of carboxylic acids is 1. The SMILES string of the molecule is Cc1[nH]c(C(=O)N[C@H]2[C@@H]3CN(c4nc(Cc5cccc(-c6ccc(F)nc6)c5)c(C(=O)O)s4)C[C@@H]32)c(Cl)c1Cl. The quantitative estimate of drug-likeness (QED) is 0.249. The van der Waals surface area contributed by atoms with E-state index in [2.05, 4.69) is 20.2 Å². The van der Waals surface area contributed by atoms with Crippen molar-refractivity contribution in [3.63, 3.8) is 0 Å². The highest BCUT2D eigenvalue weighted by Gasteiger charge is 2.57. The third-order valence-corrected chi connectivity index (χ3v) is 9.38. The number of nitrogens with zero attached hydrogens (tertiary/aromatic N) is 3. The molecule has 0 spiro atoms. The molecule has 1 aliphatic carbocycles. The minimum Gasteiger partial charge on any atom is -0.477 e. The van der Waals surface area contributed by atoms with E-state index >= 15 is 0 Å². The van der Waals surface area contributed by atoms with Gasteiger partial charge < -0.3 is 20.3 Å². The number of aromatic amines is 1. The molecule has 6 rings (SSSR count). The van der Waals surface area contributed by atoms with Gasteiger partial charge in [-0.25, -0.2) is 14.8 Å². The first-order valence-corrected chi connectivity index (χ1v) is 13.8. The van der Waals surface area contributed by atoms with Gasteiger partial charge in [-0.2, -0.15) is 4.39 Å². The average Bonchev–Trinajstić information content (AvgIpc) is 3.27. The Bertz CT molecular complexity index is 1590. The molecule has 2 aliphatic rings. The standard InChI is InChI=1S/C27H22Cl2FN5O3S/c1-12-20(28)21(29)23(32-12)25(36)34-22-16-10-35(11-17(16)22)27-33-18(24(39-27)26(37)38)8-13-3-2-4-14(7-13)15-5-6-19(30)31-9-15/h2-7,9,16-17,22,32H,8,10-11H2,1H3,(H,34,36)(H,37,38)/t16-,17+,22+. The van der Waals surface area contributed by atoms with Gasteiger partial charge in [0.2, 0.25) is 5.95 Å². The summed E-state index contributed by atoms with van der Waals surface area (Å²) in [5.41, 5.74) is 3.92. The molecule has 39 heavy (non-hydrogen) atoms. The van der Waals surface area contributed by atoms with E-state index in [4.69, 9.17) is 28.2 Å². The summed E-state index contributed by atoms with van der Waals surface area (Å²) >= 11 is 13.4. The number of thiazole rings is 1. The van der Waals surface area contributed by atoms with Crippen molar-refractivity contribution < 1.29 is 19.1 Å². The highest BCUT2D eigenvalue weighted by molar-refractivity contribution is 7.17. The van der Waals surface area contributed by atoms with E-state index in [1.54, 1.807) is 13.0 Å². The molecule has 0 bridgehead atoms. The van der Waals surface area contributed by atoms with Gasteiger partial charge >= 0.3 is 5.97 Å². The van der Waals surface area contributed by atoms with Crippen molar-refractivity contribution in [3.8, 4) is 11.1 Å². The smallest absolute Gasteiger partial charge is 0.347 e. The Hall–Kier alpha value is -3.47. The number of carboxylic acid groups (broad SMARTS) is 1. The molecule has 200 valence electrons. The highest BCUT2D eigenvalue weighted by atomic mass is 35.5. The summed E-state index contributed by atoms with van der Waals surface area (Å²) in [4.78, 5) is 38.4. The summed E-state index contributed by atoms with van der Waals surface area (Å²) in [6.07, 6.45) is 1.81. The van der Waals surface area contributed by atoms with Crippen LogP contribution < -0.4 is 10.2 Å². The van der Waals surface area contributed by atoms with Crippen LogP contribution in [0.5, 0.6) is 0 Å². The van der Waals surface area contributed by atoms with E-state index in [-0.39, 0.29) is 39.4 Å². The van der Waals surface area contributed by atoms with Crippen LogP contribution in [-0.2, 0) is 6.42 Å². The summed E-state index contributed by atoms with van der Waals surface area (Å²) in [5.74, 6) is -1.35. The molecule has 8 nitrogen and oxygen atoms in total. The molecule has 3 atom stereocenters. The molecule has 2 fully saturated rings. The molecule has 3 N–H and O–H groups in total. The van der Waals surface area contributed by atoms with E-state index in [0.29, 0.717) is 41.1 Å². The van der Waals surface area contributed by atoms with Crippen molar-refractivity contribution >= 4 is 51.5 Å². The third-order valence-electron chi connectivity index (χ3n) is 7.28. The molecule has 4 aromatic rings. The number of H-pyrrole nitrogens is 1. The minimum absolute atomic E-state index is 0.0225. The first-order valence-electron chi connectivity index (χ1n) is 12.2. The Kier molecular flexibility index (Phi) is 6.57. The van der Waals surface area contributed by atoms with Gasteiger partial charge in [-0.15, -0.1) is 0 Å². The van der Waals surface area contributed by atoms with Gasteiger partial charge in [0.15, 0.2) is 5.13 Å². The number of fused-ring (bicyclic) bond motifs is 1. The fourth-order valence-electron chi connectivity index (χ4n) is 5.21. The number of piperidine rings is 1. The zero-order valence-electron chi connectivity index (χ0n) is 20.5. The van der Waals surface area contributed by atoms with Crippen LogP contribution in [0.4, 0.5) is 9.52 Å². The fraction of sp³-hybridized carbons (Fsp3) is 0.259. The van der Waals surface area contributed by atoms with Gasteiger partial charge in [0.05, 0.1) is 15.7 Å². The number of rotatable bonds is 7. The summed E-state index contributed by atoms with van der Waals surface area (Å²) in [6, 6.07) is 10.6. The Morgan fingerprint density at radius 1 is 1.18 bits per heavy atom. The van der Waals surface area contributed by atoms with Crippen molar-refractivity contribution in [2.45, 2.75) is 19.4 Å². The topological polar surface area (TPSA) is 111 Å². The van der Waals surface area contributed by atoms with Crippen LogP contribution in [0, 0.1) is 24.7 Å². The van der Waals surface area contributed by atoms with Crippen LogP contribution in [0.2, 0.25) is 10.0 Å². The molecular weight excluding hydrogens is 564 g/mol. The highest BCUT2D eigenvalue weighted by Crippen LogP contribution is 2.48. The number of aromatic carboxylic acids is 1. The maximum Gasteiger partial charge on any atom is 0.347 e. The monoisotopic (exact) mass is 585 g/mol. The second-order valence-electron chi connectivity index (χ2n) is 9.81. The third kappa shape index (κ3) is 4.88. The molecule has 1 saturated heterocycles. The molecule has 0 unspecified atom stereocenters.